The third kappa shape index (κ3) is 5.36. The Morgan fingerprint density at radius 2 is 1.72 bits per heavy atom. The second kappa shape index (κ2) is 9.58. The molecule has 154 valence electrons. The van der Waals surface area contributed by atoms with Crippen LogP contribution < -0.4 is 9.04 Å². The number of benzene rings is 2. The second-order valence-electron chi connectivity index (χ2n) is 6.08. The number of hydrogen-bond acceptors (Lipinski definition) is 5. The van der Waals surface area contributed by atoms with E-state index in [1.807, 2.05) is 6.92 Å². The van der Waals surface area contributed by atoms with Crippen molar-refractivity contribution >= 4 is 15.7 Å². The number of rotatable bonds is 10. The highest BCUT2D eigenvalue weighted by Crippen LogP contribution is 2.27. The highest BCUT2D eigenvalue weighted by atomic mass is 32.2. The number of anilines is 1. The number of sulfonamides is 1. The van der Waals surface area contributed by atoms with E-state index in [0.717, 1.165) is 0 Å². The molecule has 6 nitrogen and oxygen atoms in total. The number of hydrogen-bond donors (Lipinski definition) is 0. The Morgan fingerprint density at radius 3 is 2.34 bits per heavy atom. The molecule has 0 aliphatic heterocycles. The van der Waals surface area contributed by atoms with Crippen molar-refractivity contribution in [3.63, 3.8) is 0 Å². The van der Waals surface area contributed by atoms with Crippen molar-refractivity contribution in [3.8, 4) is 5.75 Å². The molecule has 0 N–H and O–H groups in total. The zero-order valence-corrected chi connectivity index (χ0v) is 16.8. The van der Waals surface area contributed by atoms with Gasteiger partial charge in [-0.1, -0.05) is 0 Å². The van der Waals surface area contributed by atoms with E-state index in [0.29, 0.717) is 37.0 Å². The van der Waals surface area contributed by atoms with Crippen LogP contribution in [-0.2, 0) is 21.3 Å². The molecule has 1 aromatic heterocycles. The fraction of sp³-hybridized carbons (Fsp3) is 0.238. The van der Waals surface area contributed by atoms with Gasteiger partial charge in [-0.3, -0.25) is 4.31 Å². The molecule has 0 bridgehead atoms. The average molecular weight is 419 g/mol. The second-order valence-corrected chi connectivity index (χ2v) is 7.95. The van der Waals surface area contributed by atoms with Crippen LogP contribution in [0.3, 0.4) is 0 Å². The molecule has 8 heteroatoms. The van der Waals surface area contributed by atoms with Crippen LogP contribution in [0.25, 0.3) is 0 Å². The minimum absolute atomic E-state index is 0.0203. The molecule has 3 aromatic rings. The number of ether oxygens (including phenoxy) is 2. The van der Waals surface area contributed by atoms with Gasteiger partial charge in [0.25, 0.3) is 10.0 Å². The van der Waals surface area contributed by atoms with E-state index in [2.05, 4.69) is 0 Å². The van der Waals surface area contributed by atoms with E-state index in [4.69, 9.17) is 13.9 Å². The van der Waals surface area contributed by atoms with E-state index in [9.17, 15) is 12.8 Å². The van der Waals surface area contributed by atoms with Crippen molar-refractivity contribution in [2.75, 3.05) is 24.1 Å². The topological polar surface area (TPSA) is 69.0 Å². The average Bonchev–Trinajstić information content (AvgIpc) is 3.24. The van der Waals surface area contributed by atoms with Gasteiger partial charge in [-0.15, -0.1) is 0 Å². The highest BCUT2D eigenvalue weighted by Gasteiger charge is 2.26. The van der Waals surface area contributed by atoms with E-state index in [1.165, 1.54) is 47.0 Å². The van der Waals surface area contributed by atoms with Crippen LogP contribution in [0, 0.1) is 5.82 Å². The molecule has 3 rings (SSSR count). The number of furan rings is 1. The van der Waals surface area contributed by atoms with Gasteiger partial charge in [0.2, 0.25) is 0 Å². The van der Waals surface area contributed by atoms with E-state index in [1.54, 1.807) is 24.3 Å². The Hall–Kier alpha value is -2.84. The predicted molar refractivity (Wildman–Crippen MR) is 107 cm³/mol. The molecule has 0 fully saturated rings. The summed E-state index contributed by atoms with van der Waals surface area (Å²) in [6.07, 6.45) is 1.47. The lowest BCUT2D eigenvalue weighted by Crippen LogP contribution is -2.30. The fourth-order valence-electron chi connectivity index (χ4n) is 2.66. The molecule has 0 unspecified atom stereocenters. The molecular weight excluding hydrogens is 397 g/mol. The molecule has 0 spiro atoms. The van der Waals surface area contributed by atoms with Gasteiger partial charge in [-0.2, -0.15) is 0 Å². The summed E-state index contributed by atoms with van der Waals surface area (Å²) in [5.41, 5.74) is 0.333. The normalized spacial score (nSPS) is 11.4. The molecule has 0 saturated heterocycles. The summed E-state index contributed by atoms with van der Waals surface area (Å²) in [5, 5.41) is 0. The van der Waals surface area contributed by atoms with Gasteiger partial charge in [-0.05, 0) is 67.6 Å². The van der Waals surface area contributed by atoms with Crippen molar-refractivity contribution in [2.45, 2.75) is 18.4 Å². The molecule has 0 amide bonds. The summed E-state index contributed by atoms with van der Waals surface area (Å²) in [7, 11) is -3.92. The first-order chi connectivity index (χ1) is 14.0. The van der Waals surface area contributed by atoms with Gasteiger partial charge in [0.15, 0.2) is 0 Å². The fourth-order valence-corrected chi connectivity index (χ4v) is 4.10. The molecule has 2 aromatic carbocycles. The SMILES string of the molecule is CCOCCOc1ccc(S(=O)(=O)N(Cc2ccco2)c2ccc(F)cc2)cc1. The van der Waals surface area contributed by atoms with Gasteiger partial charge in [0.1, 0.15) is 23.9 Å². The summed E-state index contributed by atoms with van der Waals surface area (Å²) >= 11 is 0. The zero-order valence-electron chi connectivity index (χ0n) is 16.0. The lowest BCUT2D eigenvalue weighted by Gasteiger charge is -2.23. The minimum Gasteiger partial charge on any atom is -0.491 e. The summed E-state index contributed by atoms with van der Waals surface area (Å²) in [4.78, 5) is 0.0885. The van der Waals surface area contributed by atoms with Gasteiger partial charge in [-0.25, -0.2) is 12.8 Å². The van der Waals surface area contributed by atoms with Crippen LogP contribution >= 0.6 is 0 Å². The van der Waals surface area contributed by atoms with Crippen LogP contribution in [-0.4, -0.2) is 28.2 Å². The Morgan fingerprint density at radius 1 is 1.00 bits per heavy atom. The van der Waals surface area contributed by atoms with Crippen LogP contribution in [0.4, 0.5) is 10.1 Å². The third-order valence-electron chi connectivity index (χ3n) is 4.11. The quantitative estimate of drug-likeness (QED) is 0.460. The smallest absolute Gasteiger partial charge is 0.264 e. The summed E-state index contributed by atoms with van der Waals surface area (Å²) < 4.78 is 57.1. The standard InChI is InChI=1S/C21H22FNO5S/c1-2-26-14-15-28-19-9-11-21(12-10-19)29(24,25)23(16-20-4-3-13-27-20)18-7-5-17(22)6-8-18/h3-13H,2,14-16H2,1H3. The van der Waals surface area contributed by atoms with Crippen molar-refractivity contribution < 1.29 is 26.7 Å². The van der Waals surface area contributed by atoms with E-state index >= 15 is 0 Å². The van der Waals surface area contributed by atoms with Crippen molar-refractivity contribution in [2.24, 2.45) is 0 Å². The number of halogens is 1. The predicted octanol–water partition coefficient (Wildman–Crippen LogP) is 4.23. The third-order valence-corrected chi connectivity index (χ3v) is 5.89. The molecular formula is C21H22FNO5S. The Balaban J connectivity index is 1.84. The van der Waals surface area contributed by atoms with Crippen LogP contribution in [0.2, 0.25) is 0 Å². The molecule has 29 heavy (non-hydrogen) atoms. The first kappa shape index (κ1) is 20.9. The molecule has 0 aliphatic rings. The van der Waals surface area contributed by atoms with Crippen LogP contribution in [0.15, 0.2) is 76.2 Å². The minimum atomic E-state index is -3.92. The maximum atomic E-state index is 13.3. The summed E-state index contributed by atoms with van der Waals surface area (Å²) in [6, 6.07) is 14.8. The lowest BCUT2D eigenvalue weighted by molar-refractivity contribution is 0.110. The summed E-state index contributed by atoms with van der Waals surface area (Å²) in [5.74, 6) is 0.564. The summed E-state index contributed by atoms with van der Waals surface area (Å²) in [6.45, 7) is 3.32. The molecule has 0 saturated carbocycles. The van der Waals surface area contributed by atoms with Crippen molar-refractivity contribution in [3.05, 3.63) is 78.5 Å². The maximum absolute atomic E-state index is 13.3. The highest BCUT2D eigenvalue weighted by molar-refractivity contribution is 7.92. The Labute approximate surface area is 169 Å². The Kier molecular flexibility index (Phi) is 6.90. The van der Waals surface area contributed by atoms with E-state index in [-0.39, 0.29) is 11.4 Å². The Bertz CT molecular complexity index is 987. The molecule has 0 atom stereocenters. The zero-order chi connectivity index (χ0) is 20.7. The maximum Gasteiger partial charge on any atom is 0.264 e. The number of nitrogens with zero attached hydrogens (tertiary/aromatic N) is 1. The van der Waals surface area contributed by atoms with Crippen molar-refractivity contribution in [1.82, 2.24) is 0 Å². The molecule has 0 aliphatic carbocycles. The molecule has 0 radical (unpaired) electrons. The largest absolute Gasteiger partial charge is 0.491 e. The van der Waals surface area contributed by atoms with Crippen molar-refractivity contribution in [1.29, 1.82) is 0 Å². The van der Waals surface area contributed by atoms with Crippen LogP contribution in [0.5, 0.6) is 5.75 Å². The van der Waals surface area contributed by atoms with E-state index < -0.39 is 15.8 Å². The van der Waals surface area contributed by atoms with Gasteiger partial charge >= 0.3 is 0 Å². The van der Waals surface area contributed by atoms with Gasteiger partial charge in [0.05, 0.1) is 30.0 Å². The first-order valence-corrected chi connectivity index (χ1v) is 10.6. The monoisotopic (exact) mass is 419 g/mol. The van der Waals surface area contributed by atoms with Crippen LogP contribution in [0.1, 0.15) is 12.7 Å². The molecule has 1 heterocycles. The lowest BCUT2D eigenvalue weighted by atomic mass is 10.3. The van der Waals surface area contributed by atoms with Gasteiger partial charge < -0.3 is 13.9 Å². The van der Waals surface area contributed by atoms with Gasteiger partial charge in [0, 0.05) is 6.61 Å². The first-order valence-electron chi connectivity index (χ1n) is 9.12.